The van der Waals surface area contributed by atoms with E-state index in [1.54, 1.807) is 13.1 Å². The number of aromatic nitrogens is 1. The van der Waals surface area contributed by atoms with Gasteiger partial charge in [0.1, 0.15) is 5.92 Å². The zero-order chi connectivity index (χ0) is 21.3. The van der Waals surface area contributed by atoms with Crippen molar-refractivity contribution in [3.63, 3.8) is 0 Å². The molecular formula is C22H19N3O5. The fraction of sp³-hybridized carbons (Fsp3) is 0.227. The number of esters is 1. The monoisotopic (exact) mass is 405 g/mol. The Bertz CT molecular complexity index is 1180. The van der Waals surface area contributed by atoms with Crippen LogP contribution in [0.25, 0.3) is 10.9 Å². The lowest BCUT2D eigenvalue weighted by molar-refractivity contribution is -0.384. The van der Waals surface area contributed by atoms with Crippen molar-refractivity contribution in [3.05, 3.63) is 75.5 Å². The first-order valence-electron chi connectivity index (χ1n) is 9.61. The number of carbonyl (C=O) groups excluding carboxylic acids is 2. The van der Waals surface area contributed by atoms with Gasteiger partial charge in [0.15, 0.2) is 0 Å². The number of para-hydroxylation sites is 1. The lowest BCUT2D eigenvalue weighted by Crippen LogP contribution is -2.24. The molecule has 1 aromatic heterocycles. The van der Waals surface area contributed by atoms with E-state index in [9.17, 15) is 19.7 Å². The number of nitro benzene ring substituents is 1. The SMILES string of the molecule is CCOC(=O)C1C=NCCc2c1n(C(=O)c1ccc([N+](=O)[O-])cc1)c1ccccc21. The second-order valence-corrected chi connectivity index (χ2v) is 6.86. The third-order valence-electron chi connectivity index (χ3n) is 5.13. The number of nitrogens with zero attached hydrogens (tertiary/aromatic N) is 3. The first-order chi connectivity index (χ1) is 14.5. The predicted molar refractivity (Wildman–Crippen MR) is 111 cm³/mol. The number of hydrogen-bond acceptors (Lipinski definition) is 6. The van der Waals surface area contributed by atoms with Crippen LogP contribution in [0.4, 0.5) is 5.69 Å². The normalized spacial score (nSPS) is 15.4. The summed E-state index contributed by atoms with van der Waals surface area (Å²) in [6.45, 7) is 2.45. The molecule has 0 amide bonds. The van der Waals surface area contributed by atoms with E-state index in [-0.39, 0.29) is 23.8 Å². The molecule has 0 saturated heterocycles. The van der Waals surface area contributed by atoms with Gasteiger partial charge in [-0.05, 0) is 37.1 Å². The van der Waals surface area contributed by atoms with Gasteiger partial charge < -0.3 is 4.74 Å². The van der Waals surface area contributed by atoms with Crippen LogP contribution in [0.2, 0.25) is 0 Å². The second kappa shape index (κ2) is 7.90. The maximum Gasteiger partial charge on any atom is 0.320 e. The molecule has 1 aliphatic rings. The molecule has 4 rings (SSSR count). The van der Waals surface area contributed by atoms with E-state index in [0.29, 0.717) is 24.2 Å². The molecule has 1 aliphatic heterocycles. The first kappa shape index (κ1) is 19.5. The summed E-state index contributed by atoms with van der Waals surface area (Å²) in [5, 5.41) is 11.8. The summed E-state index contributed by atoms with van der Waals surface area (Å²) in [4.78, 5) is 41.0. The fourth-order valence-electron chi connectivity index (χ4n) is 3.82. The smallest absolute Gasteiger partial charge is 0.320 e. The van der Waals surface area contributed by atoms with Crippen LogP contribution >= 0.6 is 0 Å². The minimum absolute atomic E-state index is 0.0979. The highest BCUT2D eigenvalue weighted by Crippen LogP contribution is 2.34. The van der Waals surface area contributed by atoms with Gasteiger partial charge in [-0.1, -0.05) is 18.2 Å². The summed E-state index contributed by atoms with van der Waals surface area (Å²) >= 11 is 0. The van der Waals surface area contributed by atoms with Gasteiger partial charge in [-0.15, -0.1) is 0 Å². The summed E-state index contributed by atoms with van der Waals surface area (Å²) in [7, 11) is 0. The average Bonchev–Trinajstić information content (AvgIpc) is 2.91. The van der Waals surface area contributed by atoms with Gasteiger partial charge in [-0.25, -0.2) is 0 Å². The summed E-state index contributed by atoms with van der Waals surface area (Å²) in [6, 6.07) is 12.9. The van der Waals surface area contributed by atoms with E-state index in [4.69, 9.17) is 4.74 Å². The number of hydrogen-bond donors (Lipinski definition) is 0. The van der Waals surface area contributed by atoms with E-state index >= 15 is 0 Å². The Kier molecular flexibility index (Phi) is 5.14. The summed E-state index contributed by atoms with van der Waals surface area (Å²) < 4.78 is 6.76. The van der Waals surface area contributed by atoms with Crippen molar-refractivity contribution in [1.82, 2.24) is 4.57 Å². The minimum atomic E-state index is -0.808. The third kappa shape index (κ3) is 3.26. The topological polar surface area (TPSA) is 104 Å². The molecule has 8 nitrogen and oxygen atoms in total. The predicted octanol–water partition coefficient (Wildman–Crippen LogP) is 3.51. The van der Waals surface area contributed by atoms with Crippen molar-refractivity contribution < 1.29 is 19.2 Å². The van der Waals surface area contributed by atoms with Gasteiger partial charge in [-0.2, -0.15) is 0 Å². The number of aliphatic imine (C=N–C) groups is 1. The minimum Gasteiger partial charge on any atom is -0.465 e. The Morgan fingerprint density at radius 1 is 1.20 bits per heavy atom. The Morgan fingerprint density at radius 2 is 1.93 bits per heavy atom. The maximum atomic E-state index is 13.5. The molecule has 8 heteroatoms. The summed E-state index contributed by atoms with van der Waals surface area (Å²) in [5.41, 5.74) is 2.29. The first-order valence-corrected chi connectivity index (χ1v) is 9.61. The number of benzene rings is 2. The molecule has 0 N–H and O–H groups in total. The molecule has 152 valence electrons. The van der Waals surface area contributed by atoms with Crippen LogP contribution in [0.3, 0.4) is 0 Å². The summed E-state index contributed by atoms with van der Waals surface area (Å²) in [5.74, 6) is -1.64. The van der Waals surface area contributed by atoms with Gasteiger partial charge in [0.05, 0.1) is 17.0 Å². The van der Waals surface area contributed by atoms with E-state index < -0.39 is 16.8 Å². The highest BCUT2D eigenvalue weighted by molar-refractivity contribution is 6.07. The number of carbonyl (C=O) groups is 2. The maximum absolute atomic E-state index is 13.5. The second-order valence-electron chi connectivity index (χ2n) is 6.86. The fourth-order valence-corrected chi connectivity index (χ4v) is 3.82. The number of nitro groups is 1. The molecular weight excluding hydrogens is 386 g/mol. The molecule has 0 spiro atoms. The van der Waals surface area contributed by atoms with Crippen LogP contribution in [0, 0.1) is 10.1 Å². The third-order valence-corrected chi connectivity index (χ3v) is 5.13. The average molecular weight is 405 g/mol. The molecule has 2 aromatic carbocycles. The van der Waals surface area contributed by atoms with Gasteiger partial charge in [0.2, 0.25) is 0 Å². The highest BCUT2D eigenvalue weighted by Gasteiger charge is 2.33. The van der Waals surface area contributed by atoms with Gasteiger partial charge >= 0.3 is 5.97 Å². The van der Waals surface area contributed by atoms with Crippen molar-refractivity contribution in [1.29, 1.82) is 0 Å². The molecule has 0 saturated carbocycles. The van der Waals surface area contributed by atoms with E-state index in [1.807, 2.05) is 24.3 Å². The molecule has 0 aliphatic carbocycles. The highest BCUT2D eigenvalue weighted by atomic mass is 16.6. The van der Waals surface area contributed by atoms with E-state index in [1.165, 1.54) is 28.8 Å². The van der Waals surface area contributed by atoms with Gasteiger partial charge in [-0.3, -0.25) is 29.3 Å². The zero-order valence-corrected chi connectivity index (χ0v) is 16.3. The number of fused-ring (bicyclic) bond motifs is 3. The van der Waals surface area contributed by atoms with Gasteiger partial charge in [0.25, 0.3) is 11.6 Å². The molecule has 2 heterocycles. The molecule has 30 heavy (non-hydrogen) atoms. The van der Waals surface area contributed by atoms with Crippen molar-refractivity contribution >= 4 is 34.7 Å². The Labute approximate surface area is 171 Å². The Morgan fingerprint density at radius 3 is 2.63 bits per heavy atom. The standard InChI is InChI=1S/C22H19N3O5/c1-2-30-22(27)18-13-23-12-11-17-16-5-3-4-6-19(16)24(20(17)18)21(26)14-7-9-15(10-8-14)25(28)29/h3-10,13,18H,2,11-12H2,1H3. The van der Waals surface area contributed by atoms with E-state index in [0.717, 1.165) is 10.9 Å². The van der Waals surface area contributed by atoms with Crippen molar-refractivity contribution in [2.45, 2.75) is 19.3 Å². The van der Waals surface area contributed by atoms with Crippen LogP contribution in [0.15, 0.2) is 53.5 Å². The van der Waals surface area contributed by atoms with Crippen LogP contribution in [-0.4, -0.2) is 40.7 Å². The lowest BCUT2D eigenvalue weighted by Gasteiger charge is -2.16. The molecule has 3 aromatic rings. The van der Waals surface area contributed by atoms with Gasteiger partial charge in [0, 0.05) is 41.5 Å². The Hall–Kier alpha value is -3.81. The molecule has 1 unspecified atom stereocenters. The van der Waals surface area contributed by atoms with Crippen LogP contribution in [0.5, 0.6) is 0 Å². The Balaban J connectivity index is 1.93. The lowest BCUT2D eigenvalue weighted by atomic mass is 10.00. The zero-order valence-electron chi connectivity index (χ0n) is 16.3. The van der Waals surface area contributed by atoms with E-state index in [2.05, 4.69) is 4.99 Å². The van der Waals surface area contributed by atoms with Crippen LogP contribution in [-0.2, 0) is 16.0 Å². The molecule has 0 bridgehead atoms. The largest absolute Gasteiger partial charge is 0.465 e. The van der Waals surface area contributed by atoms with Crippen molar-refractivity contribution in [2.75, 3.05) is 13.2 Å². The van der Waals surface area contributed by atoms with Crippen molar-refractivity contribution in [2.24, 2.45) is 4.99 Å². The number of ether oxygens (including phenoxy) is 1. The molecule has 1 atom stereocenters. The quantitative estimate of drug-likeness (QED) is 0.375. The number of non-ortho nitro benzene ring substituents is 1. The van der Waals surface area contributed by atoms with Crippen molar-refractivity contribution in [3.8, 4) is 0 Å². The van der Waals surface area contributed by atoms with Crippen LogP contribution in [0.1, 0.15) is 34.5 Å². The molecule has 0 radical (unpaired) electrons. The van der Waals surface area contributed by atoms with Crippen LogP contribution < -0.4 is 0 Å². The summed E-state index contributed by atoms with van der Waals surface area (Å²) in [6.07, 6.45) is 2.13. The number of rotatable bonds is 4. The molecule has 0 fully saturated rings.